The average molecular weight is 319 g/mol. The van der Waals surface area contributed by atoms with Crippen LogP contribution in [-0.4, -0.2) is 12.5 Å². The third-order valence-electron chi connectivity index (χ3n) is 3.99. The molecule has 0 bridgehead atoms. The molecule has 122 valence electrons. The normalized spacial score (nSPS) is 12.0. The summed E-state index contributed by atoms with van der Waals surface area (Å²) in [5.74, 6) is -0.244. The quantitative estimate of drug-likeness (QED) is 0.691. The minimum absolute atomic E-state index is 0.201. The molecule has 0 amide bonds. The van der Waals surface area contributed by atoms with Crippen molar-refractivity contribution in [3.8, 4) is 0 Å². The van der Waals surface area contributed by atoms with E-state index in [1.165, 1.54) is 5.39 Å². The van der Waals surface area contributed by atoms with Crippen LogP contribution in [0.15, 0.2) is 72.8 Å². The number of ether oxygens (including phenoxy) is 1. The smallest absolute Gasteiger partial charge is 0.320 e. The molecule has 3 rings (SSSR count). The first kappa shape index (κ1) is 16.2. The highest BCUT2D eigenvalue weighted by molar-refractivity contribution is 5.83. The Kier molecular flexibility index (Phi) is 5.24. The van der Waals surface area contributed by atoms with Crippen LogP contribution in [0, 0.1) is 0 Å². The number of hydrogen-bond donors (Lipinski definition) is 1. The van der Waals surface area contributed by atoms with Gasteiger partial charge in [-0.3, -0.25) is 4.79 Å². The number of esters is 1. The van der Waals surface area contributed by atoms with E-state index in [2.05, 4.69) is 29.6 Å². The number of rotatable bonds is 6. The molecule has 0 aliphatic heterocycles. The molecule has 24 heavy (non-hydrogen) atoms. The Morgan fingerprint density at radius 3 is 2.46 bits per heavy atom. The molecular weight excluding hydrogens is 298 g/mol. The molecule has 0 aliphatic rings. The van der Waals surface area contributed by atoms with Crippen molar-refractivity contribution in [1.82, 2.24) is 5.32 Å². The van der Waals surface area contributed by atoms with Gasteiger partial charge in [0.25, 0.3) is 0 Å². The predicted octanol–water partition coefficient (Wildman–Crippen LogP) is 4.23. The van der Waals surface area contributed by atoms with Crippen LogP contribution in [0.1, 0.15) is 24.2 Å². The Labute approximate surface area is 142 Å². The second-order valence-corrected chi connectivity index (χ2v) is 5.83. The predicted molar refractivity (Wildman–Crippen MR) is 96.6 cm³/mol. The van der Waals surface area contributed by atoms with E-state index in [1.807, 2.05) is 55.5 Å². The van der Waals surface area contributed by atoms with Crippen molar-refractivity contribution in [3.05, 3.63) is 83.9 Å². The fourth-order valence-corrected chi connectivity index (χ4v) is 2.67. The monoisotopic (exact) mass is 319 g/mol. The number of carbonyl (C=O) groups is 1. The molecule has 3 aromatic carbocycles. The largest absolute Gasteiger partial charge is 0.457 e. The van der Waals surface area contributed by atoms with E-state index >= 15 is 0 Å². The molecule has 3 heteroatoms. The Hall–Kier alpha value is -2.65. The first-order chi connectivity index (χ1) is 11.7. The molecular formula is C21H21NO2. The van der Waals surface area contributed by atoms with E-state index in [0.29, 0.717) is 6.54 Å². The maximum Gasteiger partial charge on any atom is 0.320 e. The SMILES string of the molecule is C[C@@H](OC(=O)CNCc1ccccc1)c1ccc2ccccc2c1. The summed E-state index contributed by atoms with van der Waals surface area (Å²) < 4.78 is 5.52. The zero-order valence-corrected chi connectivity index (χ0v) is 13.7. The fraction of sp³-hybridized carbons (Fsp3) is 0.190. The van der Waals surface area contributed by atoms with E-state index in [0.717, 1.165) is 16.5 Å². The van der Waals surface area contributed by atoms with E-state index in [-0.39, 0.29) is 18.6 Å². The van der Waals surface area contributed by atoms with Crippen LogP contribution >= 0.6 is 0 Å². The summed E-state index contributed by atoms with van der Waals surface area (Å²) in [4.78, 5) is 12.0. The second-order valence-electron chi connectivity index (χ2n) is 5.83. The Morgan fingerprint density at radius 1 is 0.958 bits per heavy atom. The minimum Gasteiger partial charge on any atom is -0.457 e. The van der Waals surface area contributed by atoms with Gasteiger partial charge in [0, 0.05) is 6.54 Å². The summed E-state index contributed by atoms with van der Waals surface area (Å²) in [5.41, 5.74) is 2.15. The summed E-state index contributed by atoms with van der Waals surface area (Å²) >= 11 is 0. The van der Waals surface area contributed by atoms with Gasteiger partial charge in [0.2, 0.25) is 0 Å². The first-order valence-electron chi connectivity index (χ1n) is 8.15. The highest BCUT2D eigenvalue weighted by atomic mass is 16.5. The van der Waals surface area contributed by atoms with Crippen LogP contribution in [0.3, 0.4) is 0 Å². The first-order valence-corrected chi connectivity index (χ1v) is 8.15. The summed E-state index contributed by atoms with van der Waals surface area (Å²) in [5, 5.41) is 5.45. The van der Waals surface area contributed by atoms with Crippen LogP contribution in [0.2, 0.25) is 0 Å². The number of fused-ring (bicyclic) bond motifs is 1. The molecule has 1 N–H and O–H groups in total. The molecule has 0 radical (unpaired) electrons. The van der Waals surface area contributed by atoms with Gasteiger partial charge in [-0.1, -0.05) is 66.7 Å². The van der Waals surface area contributed by atoms with Crippen molar-refractivity contribution in [2.45, 2.75) is 19.6 Å². The molecule has 0 saturated carbocycles. The van der Waals surface area contributed by atoms with Crippen LogP contribution < -0.4 is 5.32 Å². The summed E-state index contributed by atoms with van der Waals surface area (Å²) in [7, 11) is 0. The average Bonchev–Trinajstić information content (AvgIpc) is 2.62. The van der Waals surface area contributed by atoms with E-state index in [9.17, 15) is 4.79 Å². The fourth-order valence-electron chi connectivity index (χ4n) is 2.67. The summed E-state index contributed by atoms with van der Waals surface area (Å²) in [6, 6.07) is 24.3. The van der Waals surface area contributed by atoms with Gasteiger partial charge in [-0.2, -0.15) is 0 Å². The van der Waals surface area contributed by atoms with Crippen molar-refractivity contribution in [2.75, 3.05) is 6.54 Å². The van der Waals surface area contributed by atoms with Gasteiger partial charge in [-0.25, -0.2) is 0 Å². The molecule has 0 saturated heterocycles. The molecule has 0 unspecified atom stereocenters. The third kappa shape index (κ3) is 4.21. The number of carbonyl (C=O) groups excluding carboxylic acids is 1. The van der Waals surface area contributed by atoms with E-state index in [1.54, 1.807) is 0 Å². The third-order valence-corrected chi connectivity index (χ3v) is 3.99. The van der Waals surface area contributed by atoms with Crippen LogP contribution in [0.25, 0.3) is 10.8 Å². The molecule has 3 aromatic rings. The maximum absolute atomic E-state index is 12.0. The van der Waals surface area contributed by atoms with Gasteiger partial charge < -0.3 is 10.1 Å². The van der Waals surface area contributed by atoms with Crippen LogP contribution in [0.4, 0.5) is 0 Å². The number of nitrogens with one attached hydrogen (secondary N) is 1. The summed E-state index contributed by atoms with van der Waals surface area (Å²) in [6.07, 6.45) is -0.263. The zero-order valence-electron chi connectivity index (χ0n) is 13.7. The summed E-state index contributed by atoms with van der Waals surface area (Å²) in [6.45, 7) is 2.76. The van der Waals surface area contributed by atoms with Gasteiger partial charge >= 0.3 is 5.97 Å². The van der Waals surface area contributed by atoms with Gasteiger partial charge in [0.15, 0.2) is 0 Å². The second kappa shape index (κ2) is 7.75. The van der Waals surface area contributed by atoms with Crippen LogP contribution in [-0.2, 0) is 16.1 Å². The molecule has 0 heterocycles. The Bertz CT molecular complexity index is 814. The zero-order chi connectivity index (χ0) is 16.8. The van der Waals surface area contributed by atoms with Gasteiger partial charge in [0.1, 0.15) is 6.10 Å². The number of hydrogen-bond acceptors (Lipinski definition) is 3. The lowest BCUT2D eigenvalue weighted by atomic mass is 10.0. The Morgan fingerprint density at radius 2 is 1.67 bits per heavy atom. The molecule has 0 aromatic heterocycles. The van der Waals surface area contributed by atoms with Crippen molar-refractivity contribution in [1.29, 1.82) is 0 Å². The van der Waals surface area contributed by atoms with Crippen molar-refractivity contribution < 1.29 is 9.53 Å². The van der Waals surface area contributed by atoms with E-state index < -0.39 is 0 Å². The lowest BCUT2D eigenvalue weighted by molar-refractivity contribution is -0.147. The highest BCUT2D eigenvalue weighted by Gasteiger charge is 2.11. The lowest BCUT2D eigenvalue weighted by Crippen LogP contribution is -2.25. The molecule has 0 aliphatic carbocycles. The van der Waals surface area contributed by atoms with Crippen molar-refractivity contribution >= 4 is 16.7 Å². The van der Waals surface area contributed by atoms with Gasteiger partial charge in [-0.05, 0) is 34.9 Å². The van der Waals surface area contributed by atoms with Gasteiger partial charge in [-0.15, -0.1) is 0 Å². The topological polar surface area (TPSA) is 38.3 Å². The Balaban J connectivity index is 1.53. The molecule has 1 atom stereocenters. The standard InChI is InChI=1S/C21H21NO2/c1-16(19-12-11-18-9-5-6-10-20(18)13-19)24-21(23)15-22-14-17-7-3-2-4-8-17/h2-13,16,22H,14-15H2,1H3/t16-/m1/s1. The molecule has 0 spiro atoms. The van der Waals surface area contributed by atoms with Crippen molar-refractivity contribution in [3.63, 3.8) is 0 Å². The maximum atomic E-state index is 12.0. The molecule has 3 nitrogen and oxygen atoms in total. The van der Waals surface area contributed by atoms with E-state index in [4.69, 9.17) is 4.74 Å². The minimum atomic E-state index is -0.263. The van der Waals surface area contributed by atoms with Crippen molar-refractivity contribution in [2.24, 2.45) is 0 Å². The highest BCUT2D eigenvalue weighted by Crippen LogP contribution is 2.22. The lowest BCUT2D eigenvalue weighted by Gasteiger charge is -2.15. The number of benzene rings is 3. The molecule has 0 fully saturated rings. The van der Waals surface area contributed by atoms with Gasteiger partial charge in [0.05, 0.1) is 6.54 Å². The van der Waals surface area contributed by atoms with Crippen LogP contribution in [0.5, 0.6) is 0 Å².